The van der Waals surface area contributed by atoms with Crippen LogP contribution >= 0.6 is 24.0 Å². The summed E-state index contributed by atoms with van der Waals surface area (Å²) in [4.78, 5) is 4.86. The van der Waals surface area contributed by atoms with E-state index >= 15 is 0 Å². The summed E-state index contributed by atoms with van der Waals surface area (Å²) in [7, 11) is 0. The number of aryl methyl sites for hydroxylation is 2. The summed E-state index contributed by atoms with van der Waals surface area (Å²) < 4.78 is 7.56. The van der Waals surface area contributed by atoms with E-state index in [2.05, 4.69) is 66.8 Å². The molecule has 1 aliphatic rings. The lowest BCUT2D eigenvalue weighted by atomic mass is 10.0. The first-order valence-electron chi connectivity index (χ1n) is 10.8. The summed E-state index contributed by atoms with van der Waals surface area (Å²) in [6.45, 7) is 12.3. The molecule has 1 heterocycles. The molecule has 166 valence electrons. The number of nitrogens with one attached hydrogen (secondary N) is 2. The number of ether oxygens (including phenoxy) is 1. The van der Waals surface area contributed by atoms with Gasteiger partial charge in [0.25, 0.3) is 0 Å². The SMILES string of the molecule is CCNC(=NCc1ccccc1-n1nc(C)cc1C)NCC1(CCOCC)CC1.I. The van der Waals surface area contributed by atoms with Gasteiger partial charge in [0.2, 0.25) is 0 Å². The molecule has 0 bridgehead atoms. The number of aromatic nitrogens is 2. The third kappa shape index (κ3) is 6.70. The Morgan fingerprint density at radius 2 is 1.97 bits per heavy atom. The molecule has 0 aliphatic heterocycles. The number of hydrogen-bond donors (Lipinski definition) is 2. The average molecular weight is 525 g/mol. The highest BCUT2D eigenvalue weighted by atomic mass is 127. The third-order valence-corrected chi connectivity index (χ3v) is 5.55. The zero-order chi connectivity index (χ0) is 20.7. The second-order valence-corrected chi connectivity index (χ2v) is 7.96. The summed E-state index contributed by atoms with van der Waals surface area (Å²) in [5, 5.41) is 11.6. The predicted octanol–water partition coefficient (Wildman–Crippen LogP) is 4.37. The van der Waals surface area contributed by atoms with Crippen LogP contribution in [0.3, 0.4) is 0 Å². The molecular formula is C23H36IN5O. The molecule has 2 N–H and O–H groups in total. The van der Waals surface area contributed by atoms with Crippen molar-refractivity contribution in [2.75, 3.05) is 26.3 Å². The molecule has 0 saturated heterocycles. The van der Waals surface area contributed by atoms with Crippen LogP contribution in [-0.4, -0.2) is 42.0 Å². The largest absolute Gasteiger partial charge is 0.382 e. The molecule has 2 aromatic rings. The topological polar surface area (TPSA) is 63.5 Å². The Balaban J connectivity index is 0.00000320. The van der Waals surface area contributed by atoms with Crippen molar-refractivity contribution in [2.24, 2.45) is 10.4 Å². The quantitative estimate of drug-likeness (QED) is 0.209. The first kappa shape index (κ1) is 24.7. The molecule has 0 radical (unpaired) electrons. The highest BCUT2D eigenvalue weighted by molar-refractivity contribution is 14.0. The van der Waals surface area contributed by atoms with E-state index < -0.39 is 0 Å². The minimum absolute atomic E-state index is 0. The van der Waals surface area contributed by atoms with Crippen LogP contribution in [0.25, 0.3) is 5.69 Å². The van der Waals surface area contributed by atoms with Gasteiger partial charge in [-0.1, -0.05) is 18.2 Å². The van der Waals surface area contributed by atoms with Crippen LogP contribution in [-0.2, 0) is 11.3 Å². The molecule has 0 unspecified atom stereocenters. The van der Waals surface area contributed by atoms with Gasteiger partial charge < -0.3 is 15.4 Å². The molecule has 1 saturated carbocycles. The first-order chi connectivity index (χ1) is 14.1. The molecule has 1 aliphatic carbocycles. The molecule has 1 fully saturated rings. The summed E-state index contributed by atoms with van der Waals surface area (Å²) in [5.74, 6) is 0.873. The summed E-state index contributed by atoms with van der Waals surface area (Å²) in [5.41, 5.74) is 4.79. The lowest BCUT2D eigenvalue weighted by molar-refractivity contribution is 0.128. The van der Waals surface area contributed by atoms with Crippen molar-refractivity contribution >= 4 is 29.9 Å². The molecule has 0 spiro atoms. The normalized spacial score (nSPS) is 14.9. The molecule has 30 heavy (non-hydrogen) atoms. The van der Waals surface area contributed by atoms with E-state index in [9.17, 15) is 0 Å². The number of hydrogen-bond acceptors (Lipinski definition) is 3. The molecule has 1 aromatic carbocycles. The van der Waals surface area contributed by atoms with Crippen LogP contribution in [0.1, 0.15) is 50.1 Å². The molecule has 0 amide bonds. The van der Waals surface area contributed by atoms with Gasteiger partial charge in [-0.15, -0.1) is 24.0 Å². The van der Waals surface area contributed by atoms with Crippen molar-refractivity contribution in [3.63, 3.8) is 0 Å². The molecule has 3 rings (SSSR count). The monoisotopic (exact) mass is 525 g/mol. The summed E-state index contributed by atoms with van der Waals surface area (Å²) in [6.07, 6.45) is 3.66. The number of halogens is 1. The van der Waals surface area contributed by atoms with Gasteiger partial charge in [0, 0.05) is 32.0 Å². The van der Waals surface area contributed by atoms with Gasteiger partial charge >= 0.3 is 0 Å². The van der Waals surface area contributed by atoms with E-state index in [1.807, 2.05) is 11.6 Å². The van der Waals surface area contributed by atoms with Gasteiger partial charge in [-0.25, -0.2) is 9.67 Å². The van der Waals surface area contributed by atoms with E-state index in [0.717, 1.165) is 61.3 Å². The van der Waals surface area contributed by atoms with Gasteiger partial charge in [0.05, 0.1) is 17.9 Å². The lowest BCUT2D eigenvalue weighted by Crippen LogP contribution is -2.40. The fraction of sp³-hybridized carbons (Fsp3) is 0.565. The zero-order valence-corrected chi connectivity index (χ0v) is 21.0. The number of rotatable bonds is 10. The number of nitrogens with zero attached hydrogens (tertiary/aromatic N) is 3. The van der Waals surface area contributed by atoms with Gasteiger partial charge in [-0.2, -0.15) is 5.10 Å². The van der Waals surface area contributed by atoms with Crippen molar-refractivity contribution in [3.05, 3.63) is 47.3 Å². The maximum Gasteiger partial charge on any atom is 0.191 e. The van der Waals surface area contributed by atoms with Crippen LogP contribution in [0, 0.1) is 19.3 Å². The first-order valence-corrected chi connectivity index (χ1v) is 10.8. The van der Waals surface area contributed by atoms with Gasteiger partial charge in [0.15, 0.2) is 5.96 Å². The van der Waals surface area contributed by atoms with Gasteiger partial charge in [-0.05, 0) is 70.1 Å². The predicted molar refractivity (Wildman–Crippen MR) is 134 cm³/mol. The van der Waals surface area contributed by atoms with Crippen LogP contribution < -0.4 is 10.6 Å². The van der Waals surface area contributed by atoms with Crippen molar-refractivity contribution in [1.29, 1.82) is 0 Å². The number of benzene rings is 1. The molecule has 6 nitrogen and oxygen atoms in total. The fourth-order valence-corrected chi connectivity index (χ4v) is 3.63. The zero-order valence-electron chi connectivity index (χ0n) is 18.7. The minimum atomic E-state index is 0. The van der Waals surface area contributed by atoms with Crippen LogP contribution in [0.15, 0.2) is 35.3 Å². The Labute approximate surface area is 197 Å². The molecular weight excluding hydrogens is 489 g/mol. The Kier molecular flexibility index (Phi) is 9.61. The fourth-order valence-electron chi connectivity index (χ4n) is 3.63. The van der Waals surface area contributed by atoms with Gasteiger partial charge in [0.1, 0.15) is 0 Å². The second-order valence-electron chi connectivity index (χ2n) is 7.96. The van der Waals surface area contributed by atoms with Crippen LogP contribution in [0.4, 0.5) is 0 Å². The standard InChI is InChI=1S/C23H35N5O.HI/c1-5-24-22(26-17-23(11-12-23)13-14-29-6-2)25-16-20-9-7-8-10-21(20)28-19(4)15-18(3)27-28;/h7-10,15H,5-6,11-14,16-17H2,1-4H3,(H2,24,25,26);1H. The highest BCUT2D eigenvalue weighted by Gasteiger charge is 2.41. The van der Waals surface area contributed by atoms with Crippen molar-refractivity contribution in [1.82, 2.24) is 20.4 Å². The summed E-state index contributed by atoms with van der Waals surface area (Å²) >= 11 is 0. The van der Waals surface area contributed by atoms with E-state index in [1.165, 1.54) is 12.8 Å². The summed E-state index contributed by atoms with van der Waals surface area (Å²) in [6, 6.07) is 10.5. The third-order valence-electron chi connectivity index (χ3n) is 5.55. The molecule has 1 aromatic heterocycles. The van der Waals surface area contributed by atoms with E-state index in [-0.39, 0.29) is 24.0 Å². The molecule has 0 atom stereocenters. The Hall–Kier alpha value is -1.61. The molecule has 7 heteroatoms. The smallest absolute Gasteiger partial charge is 0.191 e. The van der Waals surface area contributed by atoms with Crippen molar-refractivity contribution in [2.45, 2.75) is 53.5 Å². The second kappa shape index (κ2) is 11.7. The number of guanidine groups is 1. The Bertz CT molecular complexity index is 829. The number of para-hydroxylation sites is 1. The average Bonchev–Trinajstić information content (AvgIpc) is 3.40. The Morgan fingerprint density at radius 1 is 1.20 bits per heavy atom. The minimum Gasteiger partial charge on any atom is -0.382 e. The number of aliphatic imine (C=N–C) groups is 1. The van der Waals surface area contributed by atoms with Crippen LogP contribution in [0.5, 0.6) is 0 Å². The van der Waals surface area contributed by atoms with Crippen LogP contribution in [0.2, 0.25) is 0 Å². The van der Waals surface area contributed by atoms with Crippen molar-refractivity contribution in [3.8, 4) is 5.69 Å². The maximum atomic E-state index is 5.55. The van der Waals surface area contributed by atoms with E-state index in [4.69, 9.17) is 9.73 Å². The van der Waals surface area contributed by atoms with E-state index in [1.54, 1.807) is 0 Å². The van der Waals surface area contributed by atoms with Gasteiger partial charge in [-0.3, -0.25) is 0 Å². The van der Waals surface area contributed by atoms with E-state index in [0.29, 0.717) is 12.0 Å². The van der Waals surface area contributed by atoms with Crippen molar-refractivity contribution < 1.29 is 4.74 Å². The lowest BCUT2D eigenvalue weighted by Gasteiger charge is -2.18. The highest BCUT2D eigenvalue weighted by Crippen LogP contribution is 2.48. The maximum absolute atomic E-state index is 5.55. The Morgan fingerprint density at radius 3 is 2.60 bits per heavy atom.